The lowest BCUT2D eigenvalue weighted by molar-refractivity contribution is -0.145. The molecule has 0 aromatic rings. The molecule has 4 nitrogen and oxygen atoms in total. The normalized spacial score (nSPS) is 38.1. The van der Waals surface area contributed by atoms with Crippen LogP contribution >= 0.6 is 0 Å². The first-order valence-corrected chi connectivity index (χ1v) is 17.4. The molecule has 0 saturated carbocycles. The van der Waals surface area contributed by atoms with Crippen LogP contribution in [0.2, 0.25) is 50.4 Å². The number of ether oxygens (including phenoxy) is 2. The molecule has 3 aliphatic rings. The predicted molar refractivity (Wildman–Crippen MR) is 118 cm³/mol. The minimum Gasteiger partial charge on any atom is -0.390 e. The van der Waals surface area contributed by atoms with Crippen molar-refractivity contribution in [3.05, 3.63) is 24.3 Å². The molecule has 0 bridgehead atoms. The summed E-state index contributed by atoms with van der Waals surface area (Å²) >= 11 is 0. The van der Waals surface area contributed by atoms with E-state index in [0.29, 0.717) is 12.0 Å². The molecule has 1 saturated heterocycles. The molecule has 0 unspecified atom stereocenters. The predicted octanol–water partition coefficient (Wildman–Crippen LogP) is 4.55. The first-order valence-electron chi connectivity index (χ1n) is 10.3. The van der Waals surface area contributed by atoms with Crippen LogP contribution in [0.15, 0.2) is 24.3 Å². The lowest BCUT2D eigenvalue weighted by Gasteiger charge is -2.35. The lowest BCUT2D eigenvalue weighted by atomic mass is 10.0. The van der Waals surface area contributed by atoms with E-state index in [1.54, 1.807) is 0 Å². The van der Waals surface area contributed by atoms with Gasteiger partial charge in [0.05, 0.1) is 40.6 Å². The summed E-state index contributed by atoms with van der Waals surface area (Å²) in [5.41, 5.74) is 0.805. The Kier molecular flexibility index (Phi) is 7.03. The average molecular weight is 413 g/mol. The van der Waals surface area contributed by atoms with Crippen molar-refractivity contribution >= 4 is 16.1 Å². The quantitative estimate of drug-likeness (QED) is 0.516. The van der Waals surface area contributed by atoms with Crippen LogP contribution in [0.1, 0.15) is 26.7 Å². The van der Waals surface area contributed by atoms with Gasteiger partial charge in [-0.05, 0) is 32.2 Å². The molecule has 1 fully saturated rings. The summed E-state index contributed by atoms with van der Waals surface area (Å²) in [5.74, 6) is -0.390. The van der Waals surface area contributed by atoms with Crippen molar-refractivity contribution in [3.8, 4) is 0 Å². The third kappa shape index (κ3) is 5.87. The fourth-order valence-electron chi connectivity index (χ4n) is 4.26. The van der Waals surface area contributed by atoms with Gasteiger partial charge in [0.15, 0.2) is 5.79 Å². The number of hydrogen-bond acceptors (Lipinski definition) is 4. The second-order valence-electron chi connectivity index (χ2n) is 10.8. The van der Waals surface area contributed by atoms with E-state index in [2.05, 4.69) is 57.5 Å². The Morgan fingerprint density at radius 1 is 0.815 bits per heavy atom. The van der Waals surface area contributed by atoms with Gasteiger partial charge in [-0.3, -0.25) is 0 Å². The van der Waals surface area contributed by atoms with E-state index in [-0.39, 0.29) is 23.5 Å². The van der Waals surface area contributed by atoms with E-state index in [1.165, 1.54) is 0 Å². The third-order valence-electron chi connectivity index (χ3n) is 5.77. The summed E-state index contributed by atoms with van der Waals surface area (Å²) in [5, 5.41) is 19.1. The van der Waals surface area contributed by atoms with Gasteiger partial charge in [0.1, 0.15) is 0 Å². The van der Waals surface area contributed by atoms with Crippen LogP contribution < -0.4 is 0 Å². The highest BCUT2D eigenvalue weighted by Crippen LogP contribution is 2.43. The smallest absolute Gasteiger partial charge is 0.163 e. The second-order valence-corrected chi connectivity index (χ2v) is 21.6. The largest absolute Gasteiger partial charge is 0.390 e. The topological polar surface area (TPSA) is 58.9 Å². The Morgan fingerprint density at radius 2 is 1.33 bits per heavy atom. The van der Waals surface area contributed by atoms with Gasteiger partial charge in [-0.1, -0.05) is 63.6 Å². The van der Waals surface area contributed by atoms with Crippen LogP contribution in [0, 0.1) is 0 Å². The molecule has 2 aliphatic carbocycles. The van der Waals surface area contributed by atoms with Crippen LogP contribution in [0.5, 0.6) is 0 Å². The van der Waals surface area contributed by atoms with Crippen molar-refractivity contribution in [2.45, 2.75) is 107 Å². The molecule has 3 rings (SSSR count). The Bertz CT molecular complexity index is 560. The molecule has 1 aliphatic heterocycles. The van der Waals surface area contributed by atoms with Crippen molar-refractivity contribution in [1.82, 2.24) is 0 Å². The van der Waals surface area contributed by atoms with Gasteiger partial charge in [0.25, 0.3) is 0 Å². The fraction of sp³-hybridized carbons (Fsp3) is 0.810. The summed E-state index contributed by atoms with van der Waals surface area (Å²) in [7, 11) is -2.55. The van der Waals surface area contributed by atoms with Gasteiger partial charge >= 0.3 is 0 Å². The van der Waals surface area contributed by atoms with Crippen LogP contribution in [-0.4, -0.2) is 56.6 Å². The number of aliphatic hydroxyl groups excluding tert-OH is 2. The Hall–Kier alpha value is -0.246. The van der Waals surface area contributed by atoms with Crippen molar-refractivity contribution < 1.29 is 19.7 Å². The average Bonchev–Trinajstić information content (AvgIpc) is 2.81. The van der Waals surface area contributed by atoms with Crippen molar-refractivity contribution in [1.29, 1.82) is 0 Å². The molecule has 6 heteroatoms. The first kappa shape index (κ1) is 23.0. The van der Waals surface area contributed by atoms with Gasteiger partial charge in [-0.15, -0.1) is 0 Å². The molecular formula is C21H40O4Si2. The molecule has 0 aromatic heterocycles. The summed E-state index contributed by atoms with van der Waals surface area (Å²) in [4.78, 5) is 0. The third-order valence-corrected chi connectivity index (χ3v) is 10.8. The molecule has 0 amide bonds. The fourth-order valence-corrected chi connectivity index (χ4v) is 8.20. The zero-order valence-electron chi connectivity index (χ0n) is 18.4. The van der Waals surface area contributed by atoms with Gasteiger partial charge in [0.2, 0.25) is 0 Å². The van der Waals surface area contributed by atoms with Crippen LogP contribution in [0.25, 0.3) is 0 Å². The molecule has 2 N–H and O–H groups in total. The number of rotatable bonds is 2. The van der Waals surface area contributed by atoms with E-state index < -0.39 is 28.4 Å². The molecule has 0 radical (unpaired) electrons. The molecule has 27 heavy (non-hydrogen) atoms. The van der Waals surface area contributed by atoms with Gasteiger partial charge < -0.3 is 19.7 Å². The van der Waals surface area contributed by atoms with Crippen molar-refractivity contribution in [2.24, 2.45) is 0 Å². The zero-order chi connectivity index (χ0) is 20.6. The highest BCUT2D eigenvalue weighted by Gasteiger charge is 2.48. The minimum atomic E-state index is -1.36. The van der Waals surface area contributed by atoms with Gasteiger partial charge in [-0.2, -0.15) is 0 Å². The zero-order valence-corrected chi connectivity index (χ0v) is 20.4. The summed E-state index contributed by atoms with van der Waals surface area (Å²) in [6.07, 6.45) is 9.78. The summed E-state index contributed by atoms with van der Waals surface area (Å²) in [6, 6.07) is 0. The van der Waals surface area contributed by atoms with Gasteiger partial charge in [-0.25, -0.2) is 0 Å². The summed E-state index contributed by atoms with van der Waals surface area (Å²) < 4.78 is 12.0. The van der Waals surface area contributed by atoms with E-state index in [1.807, 2.05) is 19.9 Å². The molecule has 156 valence electrons. The highest BCUT2D eigenvalue weighted by molar-refractivity contribution is 6.78. The standard InChI is InChI=1S/C12H22O2Si.C9H18O2Si/c1-12(2)13-9-7-6-8-10(11(9)14-12)15(3,4)5;1-12(2,3)8-6-4-5-7(10)9(8)11/h6,8-11H,7H2,1-5H3;4,6-11H,5H2,1-3H3/t9-,10-,11-;7-,8-,9-/m00/s1. The van der Waals surface area contributed by atoms with Crippen LogP contribution in [-0.2, 0) is 9.47 Å². The maximum Gasteiger partial charge on any atom is 0.163 e. The Labute approximate surface area is 167 Å². The first-order chi connectivity index (χ1) is 12.2. The second kappa shape index (κ2) is 8.24. The molecule has 6 atom stereocenters. The molecular weight excluding hydrogens is 372 g/mol. The number of fused-ring (bicyclic) bond motifs is 1. The minimum absolute atomic E-state index is 0.209. The Morgan fingerprint density at radius 3 is 1.85 bits per heavy atom. The lowest BCUT2D eigenvalue weighted by Crippen LogP contribution is -2.42. The Balaban J connectivity index is 0.000000199. The molecule has 0 spiro atoms. The number of hydrogen-bond donors (Lipinski definition) is 2. The maximum atomic E-state index is 9.71. The monoisotopic (exact) mass is 412 g/mol. The summed E-state index contributed by atoms with van der Waals surface area (Å²) in [6.45, 7) is 17.9. The molecule has 0 aromatic carbocycles. The van der Waals surface area contributed by atoms with Crippen LogP contribution in [0.3, 0.4) is 0 Å². The maximum absolute atomic E-state index is 9.71. The molecule has 1 heterocycles. The van der Waals surface area contributed by atoms with E-state index >= 15 is 0 Å². The van der Waals surface area contributed by atoms with E-state index in [9.17, 15) is 10.2 Å². The number of aliphatic hydroxyl groups is 2. The van der Waals surface area contributed by atoms with E-state index in [4.69, 9.17) is 9.47 Å². The van der Waals surface area contributed by atoms with E-state index in [0.717, 1.165) is 6.42 Å². The van der Waals surface area contributed by atoms with Crippen molar-refractivity contribution in [2.75, 3.05) is 0 Å². The van der Waals surface area contributed by atoms with Gasteiger partial charge in [0, 0.05) is 5.54 Å². The SMILES string of the molecule is CC1(C)O[C@H]2[C@H](CC=C[C@@H]2[Si](C)(C)C)O1.C[Si](C)(C)[C@H]1C=CC[C@H](O)[C@@H]1O. The van der Waals surface area contributed by atoms with Crippen LogP contribution in [0.4, 0.5) is 0 Å². The highest BCUT2D eigenvalue weighted by atomic mass is 28.3. The van der Waals surface area contributed by atoms with Crippen molar-refractivity contribution in [3.63, 3.8) is 0 Å².